The van der Waals surface area contributed by atoms with Crippen molar-refractivity contribution in [3.8, 4) is 17.2 Å². The molecule has 1 atom stereocenters. The normalized spacial score (nSPS) is 18.1. The Morgan fingerprint density at radius 3 is 3.00 bits per heavy atom. The Bertz CT molecular complexity index is 1160. The van der Waals surface area contributed by atoms with E-state index in [1.807, 2.05) is 54.7 Å². The summed E-state index contributed by atoms with van der Waals surface area (Å²) in [4.78, 5) is 15.4. The van der Waals surface area contributed by atoms with Gasteiger partial charge in [-0.1, -0.05) is 18.2 Å². The zero-order valence-electron chi connectivity index (χ0n) is 18.7. The van der Waals surface area contributed by atoms with Gasteiger partial charge in [-0.25, -0.2) is 4.68 Å². The number of benzene rings is 2. The third kappa shape index (κ3) is 4.78. The number of fused-ring (bicyclic) bond motifs is 1. The van der Waals surface area contributed by atoms with Crippen molar-refractivity contribution in [2.24, 2.45) is 5.92 Å². The second-order valence-corrected chi connectivity index (χ2v) is 8.53. The molecular formula is C26H28N4O3. The lowest BCUT2D eigenvalue weighted by molar-refractivity contribution is -0.121. The van der Waals surface area contributed by atoms with Gasteiger partial charge in [-0.3, -0.25) is 9.69 Å². The molecule has 1 aromatic heterocycles. The molecular weight excluding hydrogens is 416 g/mol. The van der Waals surface area contributed by atoms with Crippen molar-refractivity contribution in [1.29, 1.82) is 0 Å². The van der Waals surface area contributed by atoms with Crippen LogP contribution in [0.3, 0.4) is 0 Å². The second-order valence-electron chi connectivity index (χ2n) is 8.53. The first kappa shape index (κ1) is 21.3. The molecule has 0 spiro atoms. The van der Waals surface area contributed by atoms with Gasteiger partial charge in [-0.15, -0.1) is 0 Å². The van der Waals surface area contributed by atoms with Crippen LogP contribution in [0.15, 0.2) is 66.5 Å². The number of piperidine rings is 1. The monoisotopic (exact) mass is 444 g/mol. The van der Waals surface area contributed by atoms with E-state index in [9.17, 15) is 4.79 Å². The molecule has 5 rings (SSSR count). The van der Waals surface area contributed by atoms with Gasteiger partial charge in [0.2, 0.25) is 5.91 Å². The third-order valence-electron chi connectivity index (χ3n) is 6.18. The fourth-order valence-electron chi connectivity index (χ4n) is 4.57. The molecule has 2 aliphatic heterocycles. The Kier molecular flexibility index (Phi) is 6.13. The number of anilines is 1. The van der Waals surface area contributed by atoms with E-state index >= 15 is 0 Å². The molecule has 0 saturated carbocycles. The van der Waals surface area contributed by atoms with E-state index in [1.165, 1.54) is 5.57 Å². The summed E-state index contributed by atoms with van der Waals surface area (Å²) >= 11 is 0. The van der Waals surface area contributed by atoms with E-state index in [0.717, 1.165) is 60.9 Å². The average Bonchev–Trinajstić information content (AvgIpc) is 3.39. The van der Waals surface area contributed by atoms with Crippen LogP contribution in [0.2, 0.25) is 0 Å². The van der Waals surface area contributed by atoms with Crippen molar-refractivity contribution in [2.45, 2.75) is 12.8 Å². The fourth-order valence-corrected chi connectivity index (χ4v) is 4.57. The van der Waals surface area contributed by atoms with Crippen LogP contribution in [0.25, 0.3) is 11.8 Å². The Hall–Kier alpha value is -3.58. The van der Waals surface area contributed by atoms with Gasteiger partial charge >= 0.3 is 0 Å². The Morgan fingerprint density at radius 1 is 1.24 bits per heavy atom. The predicted molar refractivity (Wildman–Crippen MR) is 128 cm³/mol. The number of aromatic nitrogens is 2. The van der Waals surface area contributed by atoms with Crippen LogP contribution in [0, 0.1) is 5.92 Å². The minimum Gasteiger partial charge on any atom is -0.493 e. The minimum absolute atomic E-state index is 0.0374. The van der Waals surface area contributed by atoms with Crippen molar-refractivity contribution >= 4 is 17.7 Å². The summed E-state index contributed by atoms with van der Waals surface area (Å²) in [5.41, 5.74) is 3.96. The number of amides is 1. The predicted octanol–water partition coefficient (Wildman–Crippen LogP) is 4.01. The van der Waals surface area contributed by atoms with Crippen LogP contribution in [-0.4, -0.2) is 53.9 Å². The summed E-state index contributed by atoms with van der Waals surface area (Å²) in [6.45, 7) is 3.07. The molecule has 0 radical (unpaired) electrons. The molecule has 1 N–H and O–H groups in total. The quantitative estimate of drug-likeness (QED) is 0.622. The highest BCUT2D eigenvalue weighted by molar-refractivity contribution is 5.93. The van der Waals surface area contributed by atoms with Crippen LogP contribution < -0.4 is 14.8 Å². The number of para-hydroxylation sites is 1. The maximum atomic E-state index is 13.0. The topological polar surface area (TPSA) is 68.6 Å². The molecule has 1 amide bonds. The standard InChI is InChI=1S/C26H28N4O3/c1-32-24-10-2-6-20-14-19(18-33-25(20)24)16-29-12-4-7-21(17-29)26(31)28-22-8-3-9-23(15-22)30-13-5-11-27-30/h2-3,5-6,8-11,13-15,21H,4,7,12,16-18H2,1H3,(H,28,31)/t21-/m0/s1. The number of nitrogens with one attached hydrogen (secondary N) is 1. The number of ether oxygens (including phenoxy) is 2. The van der Waals surface area contributed by atoms with Gasteiger partial charge in [0.15, 0.2) is 11.5 Å². The van der Waals surface area contributed by atoms with Crippen molar-refractivity contribution in [3.05, 3.63) is 72.1 Å². The van der Waals surface area contributed by atoms with E-state index < -0.39 is 0 Å². The van der Waals surface area contributed by atoms with Crippen molar-refractivity contribution in [1.82, 2.24) is 14.7 Å². The average molecular weight is 445 g/mol. The Morgan fingerprint density at radius 2 is 2.15 bits per heavy atom. The number of methoxy groups -OCH3 is 1. The lowest BCUT2D eigenvalue weighted by atomic mass is 9.96. The summed E-state index contributed by atoms with van der Waals surface area (Å²) in [5, 5.41) is 7.36. The van der Waals surface area contributed by atoms with Gasteiger partial charge in [0, 0.05) is 36.7 Å². The smallest absolute Gasteiger partial charge is 0.228 e. The van der Waals surface area contributed by atoms with Gasteiger partial charge in [0.25, 0.3) is 0 Å². The van der Waals surface area contributed by atoms with E-state index in [1.54, 1.807) is 18.0 Å². The first-order valence-corrected chi connectivity index (χ1v) is 11.3. The molecule has 2 aliphatic rings. The number of nitrogens with zero attached hydrogens (tertiary/aromatic N) is 3. The minimum atomic E-state index is -0.0374. The van der Waals surface area contributed by atoms with E-state index in [4.69, 9.17) is 9.47 Å². The van der Waals surface area contributed by atoms with Gasteiger partial charge in [0.1, 0.15) is 6.61 Å². The lowest BCUT2D eigenvalue weighted by Crippen LogP contribution is -2.42. The SMILES string of the molecule is COc1cccc2c1OCC(CN1CCC[C@H](C(=O)Nc3cccc(-n4cccn4)c3)C1)=C2. The molecule has 0 unspecified atom stereocenters. The zero-order chi connectivity index (χ0) is 22.6. The number of carbonyl (C=O) groups excluding carboxylic acids is 1. The van der Waals surface area contributed by atoms with Gasteiger partial charge in [-0.05, 0) is 61.4 Å². The van der Waals surface area contributed by atoms with E-state index in [0.29, 0.717) is 6.61 Å². The number of hydrogen-bond donors (Lipinski definition) is 1. The summed E-state index contributed by atoms with van der Waals surface area (Å²) in [6.07, 6.45) is 7.72. The molecule has 7 heteroatoms. The largest absolute Gasteiger partial charge is 0.493 e. The van der Waals surface area contributed by atoms with Gasteiger partial charge < -0.3 is 14.8 Å². The number of likely N-dealkylation sites (tertiary alicyclic amines) is 1. The van der Waals surface area contributed by atoms with Crippen molar-refractivity contribution < 1.29 is 14.3 Å². The number of carbonyl (C=O) groups is 1. The highest BCUT2D eigenvalue weighted by atomic mass is 16.5. The summed E-state index contributed by atoms with van der Waals surface area (Å²) < 4.78 is 13.2. The maximum absolute atomic E-state index is 13.0. The number of hydrogen-bond acceptors (Lipinski definition) is 5. The van der Waals surface area contributed by atoms with E-state index in [-0.39, 0.29) is 11.8 Å². The number of rotatable bonds is 6. The molecule has 2 aromatic carbocycles. The fraction of sp³-hybridized carbons (Fsp3) is 0.308. The van der Waals surface area contributed by atoms with Crippen molar-refractivity contribution in [3.63, 3.8) is 0 Å². The van der Waals surface area contributed by atoms with Gasteiger partial charge in [0.05, 0.1) is 18.7 Å². The summed E-state index contributed by atoms with van der Waals surface area (Å²) in [5.74, 6) is 1.59. The van der Waals surface area contributed by atoms with Crippen LogP contribution in [0.4, 0.5) is 5.69 Å². The molecule has 33 heavy (non-hydrogen) atoms. The third-order valence-corrected chi connectivity index (χ3v) is 6.18. The maximum Gasteiger partial charge on any atom is 0.228 e. The molecule has 0 bridgehead atoms. The summed E-state index contributed by atoms with van der Waals surface area (Å²) in [6, 6.07) is 15.6. The molecule has 1 saturated heterocycles. The van der Waals surface area contributed by atoms with Crippen LogP contribution in [0.1, 0.15) is 18.4 Å². The molecule has 7 nitrogen and oxygen atoms in total. The first-order chi connectivity index (χ1) is 16.2. The van der Waals surface area contributed by atoms with Gasteiger partial charge in [-0.2, -0.15) is 5.10 Å². The lowest BCUT2D eigenvalue weighted by Gasteiger charge is -2.33. The van der Waals surface area contributed by atoms with Crippen LogP contribution in [0.5, 0.6) is 11.5 Å². The van der Waals surface area contributed by atoms with Crippen molar-refractivity contribution in [2.75, 3.05) is 38.7 Å². The second kappa shape index (κ2) is 9.50. The first-order valence-electron chi connectivity index (χ1n) is 11.3. The van der Waals surface area contributed by atoms with Crippen LogP contribution in [-0.2, 0) is 4.79 Å². The highest BCUT2D eigenvalue weighted by Crippen LogP contribution is 2.35. The van der Waals surface area contributed by atoms with Crippen LogP contribution >= 0.6 is 0 Å². The van der Waals surface area contributed by atoms with E-state index in [2.05, 4.69) is 21.4 Å². The molecule has 1 fully saturated rings. The molecule has 170 valence electrons. The highest BCUT2D eigenvalue weighted by Gasteiger charge is 2.27. The summed E-state index contributed by atoms with van der Waals surface area (Å²) in [7, 11) is 1.66. The molecule has 3 heterocycles. The Labute approximate surface area is 193 Å². The Balaban J connectivity index is 1.22. The molecule has 3 aromatic rings. The zero-order valence-corrected chi connectivity index (χ0v) is 18.7. The molecule has 0 aliphatic carbocycles.